The fraction of sp³-hybridized carbons (Fsp3) is 0.533. The van der Waals surface area contributed by atoms with E-state index in [1.165, 1.54) is 31.5 Å². The van der Waals surface area contributed by atoms with Crippen molar-refractivity contribution in [3.8, 4) is 6.07 Å². The molecule has 104 valence electrons. The molecule has 2 rings (SSSR count). The van der Waals surface area contributed by atoms with Crippen molar-refractivity contribution in [2.45, 2.75) is 19.4 Å². The highest BCUT2D eigenvalue weighted by atomic mass is 35.5. The Hall–Kier alpha value is -1.08. The Morgan fingerprint density at radius 2 is 1.89 bits per heavy atom. The summed E-state index contributed by atoms with van der Waals surface area (Å²) in [5, 5.41) is 12.0. The lowest BCUT2D eigenvalue weighted by molar-refractivity contribution is 0.177. The van der Waals surface area contributed by atoms with Gasteiger partial charge in [0.25, 0.3) is 0 Å². The third kappa shape index (κ3) is 4.83. The first-order chi connectivity index (χ1) is 8.81. The summed E-state index contributed by atoms with van der Waals surface area (Å²) in [6, 6.07) is 10.1. The maximum Gasteiger partial charge on any atom is 0.0991 e. The van der Waals surface area contributed by atoms with Crippen LogP contribution in [0.2, 0.25) is 0 Å². The van der Waals surface area contributed by atoms with Crippen molar-refractivity contribution in [3.05, 3.63) is 35.4 Å². The van der Waals surface area contributed by atoms with Crippen LogP contribution in [0.15, 0.2) is 24.3 Å². The van der Waals surface area contributed by atoms with Crippen molar-refractivity contribution in [3.63, 3.8) is 0 Å². The largest absolute Gasteiger partial charge is 0.319 e. The normalized spacial score (nSPS) is 16.6. The average Bonchev–Trinajstić information content (AvgIpc) is 2.42. The second kappa shape index (κ2) is 8.16. The molecule has 0 bridgehead atoms. The van der Waals surface area contributed by atoms with Crippen molar-refractivity contribution < 1.29 is 0 Å². The van der Waals surface area contributed by atoms with Crippen LogP contribution in [0.5, 0.6) is 0 Å². The van der Waals surface area contributed by atoms with E-state index in [0.29, 0.717) is 0 Å². The molecular weight excluding hydrogens is 258 g/mol. The number of rotatable bonds is 4. The summed E-state index contributed by atoms with van der Waals surface area (Å²) >= 11 is 0. The summed E-state index contributed by atoms with van der Waals surface area (Å²) < 4.78 is 0. The summed E-state index contributed by atoms with van der Waals surface area (Å²) in [5.74, 6) is 0.840. The maximum absolute atomic E-state index is 8.76. The fourth-order valence-corrected chi connectivity index (χ4v) is 2.58. The van der Waals surface area contributed by atoms with Crippen LogP contribution >= 0.6 is 12.4 Å². The summed E-state index contributed by atoms with van der Waals surface area (Å²) in [6.07, 6.45) is 2.58. The Balaban J connectivity index is 0.00000180. The van der Waals surface area contributed by atoms with Gasteiger partial charge in [0.2, 0.25) is 0 Å². The molecule has 0 saturated carbocycles. The molecule has 1 aromatic rings. The Labute approximate surface area is 122 Å². The van der Waals surface area contributed by atoms with Gasteiger partial charge in [-0.3, -0.25) is 4.90 Å². The minimum atomic E-state index is 0. The molecule has 0 aromatic heterocycles. The summed E-state index contributed by atoms with van der Waals surface area (Å²) in [6.45, 7) is 4.53. The third-order valence-corrected chi connectivity index (χ3v) is 3.69. The monoisotopic (exact) mass is 279 g/mol. The first kappa shape index (κ1) is 16.0. The van der Waals surface area contributed by atoms with Crippen molar-refractivity contribution in [1.82, 2.24) is 10.2 Å². The maximum atomic E-state index is 8.76. The second-order valence-corrected chi connectivity index (χ2v) is 5.09. The Bertz CT molecular complexity index is 402. The Morgan fingerprint density at radius 1 is 1.26 bits per heavy atom. The number of piperidine rings is 1. The van der Waals surface area contributed by atoms with Crippen molar-refractivity contribution >= 4 is 12.4 Å². The molecule has 1 aliphatic rings. The zero-order valence-corrected chi connectivity index (χ0v) is 12.2. The quantitative estimate of drug-likeness (QED) is 0.920. The fourth-order valence-electron chi connectivity index (χ4n) is 2.58. The lowest BCUT2D eigenvalue weighted by atomic mass is 9.96. The van der Waals surface area contributed by atoms with E-state index in [-0.39, 0.29) is 12.4 Å². The van der Waals surface area contributed by atoms with Crippen molar-refractivity contribution in [2.75, 3.05) is 26.7 Å². The van der Waals surface area contributed by atoms with E-state index in [1.54, 1.807) is 0 Å². The summed E-state index contributed by atoms with van der Waals surface area (Å²) in [4.78, 5) is 2.51. The number of nitriles is 1. The van der Waals surface area contributed by atoms with Gasteiger partial charge in [0.05, 0.1) is 11.6 Å². The van der Waals surface area contributed by atoms with Crippen LogP contribution in [0.3, 0.4) is 0 Å². The highest BCUT2D eigenvalue weighted by molar-refractivity contribution is 5.85. The second-order valence-electron chi connectivity index (χ2n) is 5.09. The summed E-state index contributed by atoms with van der Waals surface area (Å²) in [5.41, 5.74) is 2.05. The van der Waals surface area contributed by atoms with E-state index >= 15 is 0 Å². The van der Waals surface area contributed by atoms with Crippen LogP contribution in [-0.2, 0) is 6.54 Å². The predicted molar refractivity (Wildman–Crippen MR) is 80.3 cm³/mol. The van der Waals surface area contributed by atoms with Gasteiger partial charge < -0.3 is 5.32 Å². The number of benzene rings is 1. The topological polar surface area (TPSA) is 39.1 Å². The Morgan fingerprint density at radius 3 is 2.42 bits per heavy atom. The molecule has 1 saturated heterocycles. The van der Waals surface area contributed by atoms with Gasteiger partial charge in [0, 0.05) is 6.54 Å². The molecule has 0 aliphatic carbocycles. The van der Waals surface area contributed by atoms with Crippen LogP contribution < -0.4 is 5.32 Å². The molecule has 0 radical (unpaired) electrons. The lowest BCUT2D eigenvalue weighted by Gasteiger charge is -2.31. The van der Waals surface area contributed by atoms with E-state index in [0.717, 1.165) is 24.6 Å². The average molecular weight is 280 g/mol. The van der Waals surface area contributed by atoms with Gasteiger partial charge in [0.15, 0.2) is 0 Å². The number of nitrogens with zero attached hydrogens (tertiary/aromatic N) is 2. The van der Waals surface area contributed by atoms with Crippen molar-refractivity contribution in [2.24, 2.45) is 5.92 Å². The molecule has 1 aliphatic heterocycles. The van der Waals surface area contributed by atoms with Crippen LogP contribution in [0.25, 0.3) is 0 Å². The molecule has 1 N–H and O–H groups in total. The van der Waals surface area contributed by atoms with Gasteiger partial charge in [-0.1, -0.05) is 12.1 Å². The number of halogens is 1. The zero-order chi connectivity index (χ0) is 12.8. The molecule has 1 heterocycles. The Kier molecular flexibility index (Phi) is 6.86. The molecule has 0 unspecified atom stereocenters. The van der Waals surface area contributed by atoms with Gasteiger partial charge in [-0.05, 0) is 63.1 Å². The van der Waals surface area contributed by atoms with Crippen LogP contribution in [-0.4, -0.2) is 31.6 Å². The van der Waals surface area contributed by atoms with Crippen molar-refractivity contribution in [1.29, 1.82) is 5.26 Å². The van der Waals surface area contributed by atoms with E-state index in [9.17, 15) is 0 Å². The molecule has 0 spiro atoms. The smallest absolute Gasteiger partial charge is 0.0991 e. The first-order valence-electron chi connectivity index (χ1n) is 6.68. The summed E-state index contributed by atoms with van der Waals surface area (Å²) in [7, 11) is 2.03. The van der Waals surface area contributed by atoms with Gasteiger partial charge in [0.1, 0.15) is 0 Å². The molecule has 3 nitrogen and oxygen atoms in total. The molecular formula is C15H22ClN3. The predicted octanol–water partition coefficient (Wildman–Crippen LogP) is 2.41. The minimum Gasteiger partial charge on any atom is -0.319 e. The minimum absolute atomic E-state index is 0. The van der Waals surface area contributed by atoms with Gasteiger partial charge in [-0.15, -0.1) is 12.4 Å². The van der Waals surface area contributed by atoms with Crippen LogP contribution in [0, 0.1) is 17.2 Å². The molecule has 4 heteroatoms. The zero-order valence-electron chi connectivity index (χ0n) is 11.4. The molecule has 1 aromatic carbocycles. The van der Waals surface area contributed by atoms with Gasteiger partial charge >= 0.3 is 0 Å². The highest BCUT2D eigenvalue weighted by Crippen LogP contribution is 2.18. The van der Waals surface area contributed by atoms with E-state index in [4.69, 9.17) is 5.26 Å². The molecule has 1 fully saturated rings. The molecule has 0 amide bonds. The first-order valence-corrected chi connectivity index (χ1v) is 6.68. The van der Waals surface area contributed by atoms with Gasteiger partial charge in [-0.2, -0.15) is 5.26 Å². The van der Waals surface area contributed by atoms with E-state index in [1.807, 2.05) is 19.2 Å². The van der Waals surface area contributed by atoms with Crippen LogP contribution in [0.4, 0.5) is 0 Å². The SMILES string of the molecule is CNCC1CCN(Cc2ccc(C#N)cc2)CC1.Cl. The number of nitrogens with one attached hydrogen (secondary N) is 1. The van der Waals surface area contributed by atoms with E-state index in [2.05, 4.69) is 28.4 Å². The number of likely N-dealkylation sites (tertiary alicyclic amines) is 1. The standard InChI is InChI=1S/C15H21N3.ClH/c1-17-11-14-6-8-18(9-7-14)12-15-4-2-13(10-16)3-5-15;/h2-5,14,17H,6-9,11-12H2,1H3;1H. The van der Waals surface area contributed by atoms with Gasteiger partial charge in [-0.25, -0.2) is 0 Å². The highest BCUT2D eigenvalue weighted by Gasteiger charge is 2.18. The number of hydrogen-bond acceptors (Lipinski definition) is 3. The van der Waals surface area contributed by atoms with E-state index < -0.39 is 0 Å². The lowest BCUT2D eigenvalue weighted by Crippen LogP contribution is -2.36. The third-order valence-electron chi connectivity index (χ3n) is 3.69. The van der Waals surface area contributed by atoms with Crippen LogP contribution in [0.1, 0.15) is 24.0 Å². The number of hydrogen-bond donors (Lipinski definition) is 1. The molecule has 0 atom stereocenters. The molecule has 19 heavy (non-hydrogen) atoms.